The molecule has 6 heteroatoms. The van der Waals surface area contributed by atoms with Gasteiger partial charge in [0, 0.05) is 6.07 Å². The van der Waals surface area contributed by atoms with Crippen LogP contribution in [0.3, 0.4) is 0 Å². The third-order valence-corrected chi connectivity index (χ3v) is 3.86. The number of carbonyl (C=O) groups is 1. The van der Waals surface area contributed by atoms with Crippen molar-refractivity contribution in [3.05, 3.63) is 54.1 Å². The molecule has 2 N–H and O–H groups in total. The van der Waals surface area contributed by atoms with E-state index in [-0.39, 0.29) is 21.9 Å². The van der Waals surface area contributed by atoms with Gasteiger partial charge in [-0.25, -0.2) is 8.42 Å². The highest BCUT2D eigenvalue weighted by Crippen LogP contribution is 2.22. The molecule has 2 rings (SSSR count). The predicted molar refractivity (Wildman–Crippen MR) is 70.7 cm³/mol. The van der Waals surface area contributed by atoms with Gasteiger partial charge in [-0.1, -0.05) is 18.2 Å². The Balaban J connectivity index is 2.31. The minimum absolute atomic E-state index is 0.0997. The maximum absolute atomic E-state index is 12.0. The van der Waals surface area contributed by atoms with Crippen molar-refractivity contribution >= 4 is 22.0 Å². The number of nitrogens with one attached hydrogen (secondary N) is 1. The van der Waals surface area contributed by atoms with E-state index in [2.05, 4.69) is 4.72 Å². The fourth-order valence-electron chi connectivity index (χ4n) is 1.52. The van der Waals surface area contributed by atoms with Gasteiger partial charge in [-0.05, 0) is 24.3 Å². The summed E-state index contributed by atoms with van der Waals surface area (Å²) in [5.41, 5.74) is 0.287. The Morgan fingerprint density at radius 3 is 2.32 bits per heavy atom. The molecule has 0 bridgehead atoms. The van der Waals surface area contributed by atoms with Gasteiger partial charge in [0.15, 0.2) is 6.29 Å². The number of aromatic hydroxyl groups is 1. The van der Waals surface area contributed by atoms with Crippen molar-refractivity contribution in [2.75, 3.05) is 4.72 Å². The molecule has 0 heterocycles. The number of anilines is 1. The van der Waals surface area contributed by atoms with E-state index in [1.165, 1.54) is 30.3 Å². The zero-order chi connectivity index (χ0) is 13.9. The number of hydrogen-bond acceptors (Lipinski definition) is 4. The predicted octanol–water partition coefficient (Wildman–Crippen LogP) is 2.01. The summed E-state index contributed by atoms with van der Waals surface area (Å²) >= 11 is 0. The van der Waals surface area contributed by atoms with Gasteiger partial charge < -0.3 is 5.11 Å². The van der Waals surface area contributed by atoms with Gasteiger partial charge in [0.05, 0.1) is 16.1 Å². The molecule has 0 amide bonds. The first-order valence-corrected chi connectivity index (χ1v) is 6.87. The van der Waals surface area contributed by atoms with Crippen LogP contribution in [0.15, 0.2) is 53.4 Å². The molecule has 2 aromatic carbocycles. The minimum Gasteiger partial charge on any atom is -0.507 e. The molecule has 5 nitrogen and oxygen atoms in total. The molecule has 0 saturated carbocycles. The van der Waals surface area contributed by atoms with Crippen LogP contribution >= 0.6 is 0 Å². The average molecular weight is 277 g/mol. The quantitative estimate of drug-likeness (QED) is 0.837. The van der Waals surface area contributed by atoms with Crippen molar-refractivity contribution in [1.29, 1.82) is 0 Å². The zero-order valence-electron chi connectivity index (χ0n) is 9.78. The largest absolute Gasteiger partial charge is 0.507 e. The number of phenolic OH excluding ortho intramolecular Hbond substituents is 1. The fraction of sp³-hybridized carbons (Fsp3) is 0. The number of sulfonamides is 1. The second-order valence-electron chi connectivity index (χ2n) is 3.81. The summed E-state index contributed by atoms with van der Waals surface area (Å²) in [6.45, 7) is 0. The number of carbonyl (C=O) groups excluding carboxylic acids is 1. The average Bonchev–Trinajstić information content (AvgIpc) is 2.39. The molecule has 0 fully saturated rings. The van der Waals surface area contributed by atoms with E-state index in [1.54, 1.807) is 18.2 Å². The van der Waals surface area contributed by atoms with Crippen molar-refractivity contribution in [2.24, 2.45) is 0 Å². The van der Waals surface area contributed by atoms with E-state index in [0.29, 0.717) is 6.29 Å². The number of hydrogen-bond donors (Lipinski definition) is 2. The molecule has 0 aromatic heterocycles. The van der Waals surface area contributed by atoms with Crippen molar-refractivity contribution in [1.82, 2.24) is 0 Å². The molecule has 2 aromatic rings. The molecule has 0 aliphatic rings. The smallest absolute Gasteiger partial charge is 0.261 e. The Labute approximate surface area is 110 Å². The van der Waals surface area contributed by atoms with Gasteiger partial charge >= 0.3 is 0 Å². The number of rotatable bonds is 4. The third-order valence-electron chi connectivity index (χ3n) is 2.46. The van der Waals surface area contributed by atoms with E-state index < -0.39 is 10.0 Å². The normalized spacial score (nSPS) is 10.9. The Morgan fingerprint density at radius 1 is 1.05 bits per heavy atom. The Bertz CT molecular complexity index is 696. The molecule has 0 unspecified atom stereocenters. The first-order valence-electron chi connectivity index (χ1n) is 5.39. The molecular formula is C13H11NO4S. The van der Waals surface area contributed by atoms with Crippen molar-refractivity contribution in [3.8, 4) is 5.75 Å². The van der Waals surface area contributed by atoms with E-state index >= 15 is 0 Å². The third kappa shape index (κ3) is 2.92. The van der Waals surface area contributed by atoms with Gasteiger partial charge in [-0.3, -0.25) is 9.52 Å². The summed E-state index contributed by atoms with van der Waals surface area (Å²) in [7, 11) is -3.70. The molecule has 0 radical (unpaired) electrons. The molecular weight excluding hydrogens is 266 g/mol. The second-order valence-corrected chi connectivity index (χ2v) is 5.49. The van der Waals surface area contributed by atoms with Gasteiger partial charge in [-0.15, -0.1) is 0 Å². The Kier molecular flexibility index (Phi) is 3.52. The molecule has 0 saturated heterocycles. The monoisotopic (exact) mass is 277 g/mol. The summed E-state index contributed by atoms with van der Waals surface area (Å²) in [6, 6.07) is 11.8. The lowest BCUT2D eigenvalue weighted by Crippen LogP contribution is -2.12. The van der Waals surface area contributed by atoms with Gasteiger partial charge in [0.25, 0.3) is 10.0 Å². The summed E-state index contributed by atoms with van der Waals surface area (Å²) in [4.78, 5) is 10.7. The zero-order valence-corrected chi connectivity index (χ0v) is 10.6. The standard InChI is InChI=1S/C13H11NO4S/c15-9-10-6-7-11(8-13(10)16)14-19(17,18)12-4-2-1-3-5-12/h1-9,14,16H. The van der Waals surface area contributed by atoms with Crippen molar-refractivity contribution in [3.63, 3.8) is 0 Å². The molecule has 19 heavy (non-hydrogen) atoms. The fourth-order valence-corrected chi connectivity index (χ4v) is 2.59. The highest BCUT2D eigenvalue weighted by molar-refractivity contribution is 7.92. The second kappa shape index (κ2) is 5.11. The van der Waals surface area contributed by atoms with Gasteiger partial charge in [-0.2, -0.15) is 0 Å². The highest BCUT2D eigenvalue weighted by Gasteiger charge is 2.14. The van der Waals surface area contributed by atoms with Crippen LogP contribution in [0.5, 0.6) is 5.75 Å². The highest BCUT2D eigenvalue weighted by atomic mass is 32.2. The number of phenols is 1. The van der Waals surface area contributed by atoms with E-state index in [0.717, 1.165) is 0 Å². The van der Waals surface area contributed by atoms with Crippen molar-refractivity contribution in [2.45, 2.75) is 4.90 Å². The van der Waals surface area contributed by atoms with Gasteiger partial charge in [0.2, 0.25) is 0 Å². The van der Waals surface area contributed by atoms with E-state index in [1.807, 2.05) is 0 Å². The van der Waals surface area contributed by atoms with Gasteiger partial charge in [0.1, 0.15) is 5.75 Å². The maximum atomic E-state index is 12.0. The SMILES string of the molecule is O=Cc1ccc(NS(=O)(=O)c2ccccc2)cc1O. The van der Waals surface area contributed by atoms with Crippen LogP contribution in [-0.4, -0.2) is 19.8 Å². The summed E-state index contributed by atoms with van der Waals surface area (Å²) in [6.07, 6.45) is 0.491. The minimum atomic E-state index is -3.70. The Morgan fingerprint density at radius 2 is 1.74 bits per heavy atom. The van der Waals surface area contributed by atoms with Crippen LogP contribution in [0.1, 0.15) is 10.4 Å². The van der Waals surface area contributed by atoms with E-state index in [9.17, 15) is 18.3 Å². The lowest BCUT2D eigenvalue weighted by atomic mass is 10.2. The van der Waals surface area contributed by atoms with E-state index in [4.69, 9.17) is 0 Å². The Hall–Kier alpha value is -2.34. The number of benzene rings is 2. The van der Waals surface area contributed by atoms with Crippen LogP contribution < -0.4 is 4.72 Å². The first kappa shape index (κ1) is 13.1. The topological polar surface area (TPSA) is 83.5 Å². The van der Waals surface area contributed by atoms with Crippen molar-refractivity contribution < 1.29 is 18.3 Å². The molecule has 0 aliphatic heterocycles. The molecule has 0 spiro atoms. The molecule has 0 aliphatic carbocycles. The molecule has 0 atom stereocenters. The summed E-state index contributed by atoms with van der Waals surface area (Å²) in [5, 5.41) is 9.49. The molecule has 98 valence electrons. The van der Waals surface area contributed by atoms with Crippen LogP contribution in [0.2, 0.25) is 0 Å². The first-order chi connectivity index (χ1) is 9.03. The van der Waals surface area contributed by atoms with Crippen LogP contribution in [0.4, 0.5) is 5.69 Å². The van der Waals surface area contributed by atoms with Crippen LogP contribution in [0, 0.1) is 0 Å². The number of aldehydes is 1. The maximum Gasteiger partial charge on any atom is 0.261 e. The van der Waals surface area contributed by atoms with Crippen LogP contribution in [-0.2, 0) is 10.0 Å². The lowest BCUT2D eigenvalue weighted by Gasteiger charge is -2.08. The van der Waals surface area contributed by atoms with Crippen LogP contribution in [0.25, 0.3) is 0 Å². The lowest BCUT2D eigenvalue weighted by molar-refractivity contribution is 0.112. The summed E-state index contributed by atoms with van der Waals surface area (Å²) < 4.78 is 26.3. The summed E-state index contributed by atoms with van der Waals surface area (Å²) in [5.74, 6) is -0.275.